The molecule has 0 aliphatic carbocycles. The molecular formula is C19H16O7. The van der Waals surface area contributed by atoms with Crippen LogP contribution in [0.1, 0.15) is 30.8 Å². The molecule has 0 N–H and O–H groups in total. The van der Waals surface area contributed by atoms with Gasteiger partial charge in [-0.05, 0) is 18.6 Å². The Hall–Kier alpha value is -2.93. The molecule has 1 aromatic carbocycles. The molecular weight excluding hydrogens is 340 g/mol. The minimum Gasteiger partial charge on any atom is -0.466 e. The normalized spacial score (nSPS) is 23.3. The fourth-order valence-corrected chi connectivity index (χ4v) is 3.85. The van der Waals surface area contributed by atoms with Crippen molar-refractivity contribution in [1.29, 1.82) is 0 Å². The molecule has 2 aliphatic rings. The molecule has 2 aromatic rings. The van der Waals surface area contributed by atoms with Gasteiger partial charge < -0.3 is 18.6 Å². The first-order valence-corrected chi connectivity index (χ1v) is 8.15. The number of benzene rings is 1. The van der Waals surface area contributed by atoms with Crippen LogP contribution in [0.15, 0.2) is 44.6 Å². The average Bonchev–Trinajstić information content (AvgIpc) is 3.18. The van der Waals surface area contributed by atoms with Gasteiger partial charge in [-0.3, -0.25) is 4.79 Å². The molecule has 2 aliphatic heterocycles. The maximum absolute atomic E-state index is 13.0. The molecule has 0 radical (unpaired) electrons. The van der Waals surface area contributed by atoms with E-state index in [1.165, 1.54) is 14.2 Å². The van der Waals surface area contributed by atoms with Crippen molar-refractivity contribution in [2.45, 2.75) is 25.0 Å². The number of hydrogen-bond acceptors (Lipinski definition) is 7. The smallest absolute Gasteiger partial charge is 0.337 e. The van der Waals surface area contributed by atoms with E-state index in [4.69, 9.17) is 18.6 Å². The highest BCUT2D eigenvalue weighted by Crippen LogP contribution is 2.59. The molecule has 0 saturated heterocycles. The molecule has 0 saturated carbocycles. The Bertz CT molecular complexity index is 1050. The molecule has 4 rings (SSSR count). The van der Waals surface area contributed by atoms with Crippen molar-refractivity contribution in [2.24, 2.45) is 0 Å². The highest BCUT2D eigenvalue weighted by Gasteiger charge is 2.62. The van der Waals surface area contributed by atoms with Gasteiger partial charge in [-0.25, -0.2) is 9.59 Å². The van der Waals surface area contributed by atoms with Crippen LogP contribution in [0.5, 0.6) is 0 Å². The third-order valence-electron chi connectivity index (χ3n) is 5.01. The van der Waals surface area contributed by atoms with Crippen LogP contribution in [0, 0.1) is 0 Å². The Morgan fingerprint density at radius 1 is 1.15 bits per heavy atom. The molecule has 0 fully saturated rings. The van der Waals surface area contributed by atoms with Crippen molar-refractivity contribution in [3.63, 3.8) is 0 Å². The van der Waals surface area contributed by atoms with E-state index in [-0.39, 0.29) is 34.3 Å². The second-order valence-corrected chi connectivity index (χ2v) is 6.12. The number of fused-ring (bicyclic) bond motifs is 6. The van der Waals surface area contributed by atoms with Crippen molar-refractivity contribution in [2.75, 3.05) is 14.2 Å². The van der Waals surface area contributed by atoms with Crippen LogP contribution in [-0.2, 0) is 29.4 Å². The minimum absolute atomic E-state index is 0.00344. The van der Waals surface area contributed by atoms with Gasteiger partial charge in [-0.1, -0.05) is 19.1 Å². The largest absolute Gasteiger partial charge is 0.466 e. The van der Waals surface area contributed by atoms with Gasteiger partial charge >= 0.3 is 11.9 Å². The molecule has 7 nitrogen and oxygen atoms in total. The monoisotopic (exact) mass is 356 g/mol. The summed E-state index contributed by atoms with van der Waals surface area (Å²) in [6.07, 6.45) is -0.741. The number of methoxy groups -OCH3 is 2. The van der Waals surface area contributed by atoms with Crippen LogP contribution in [0.4, 0.5) is 0 Å². The number of para-hydroxylation sites is 1. The van der Waals surface area contributed by atoms with E-state index < -0.39 is 23.6 Å². The standard InChI is InChI=1S/C19H16O7/c1-4-19-13(18(22)24-3)11(17(21)23-2)15(26-19)12-14(20)9-7-5-6-8-10(9)25-16(12)19/h5-8,15H,4H2,1-3H3. The molecule has 2 unspecified atom stereocenters. The maximum Gasteiger partial charge on any atom is 0.337 e. The lowest BCUT2D eigenvalue weighted by Gasteiger charge is -2.26. The average molecular weight is 356 g/mol. The minimum atomic E-state index is -1.35. The number of hydrogen-bond donors (Lipinski definition) is 0. The summed E-state index contributed by atoms with van der Waals surface area (Å²) in [5.41, 5.74) is -0.975. The molecule has 1 aromatic heterocycles. The number of carbonyl (C=O) groups is 2. The van der Waals surface area contributed by atoms with Gasteiger partial charge in [0.1, 0.15) is 11.7 Å². The summed E-state index contributed by atoms with van der Waals surface area (Å²) in [5, 5.41) is 0.387. The van der Waals surface area contributed by atoms with Crippen molar-refractivity contribution < 1.29 is 28.2 Å². The Morgan fingerprint density at radius 2 is 1.85 bits per heavy atom. The fraction of sp³-hybridized carbons (Fsp3) is 0.316. The van der Waals surface area contributed by atoms with Crippen molar-refractivity contribution in [3.05, 3.63) is 57.0 Å². The summed E-state index contributed by atoms with van der Waals surface area (Å²) in [6.45, 7) is 1.78. The van der Waals surface area contributed by atoms with Crippen LogP contribution < -0.4 is 5.43 Å². The summed E-state index contributed by atoms with van der Waals surface area (Å²) < 4.78 is 21.7. The van der Waals surface area contributed by atoms with E-state index in [1.807, 2.05) is 0 Å². The van der Waals surface area contributed by atoms with Gasteiger partial charge in [-0.15, -0.1) is 0 Å². The molecule has 0 amide bonds. The van der Waals surface area contributed by atoms with E-state index in [0.29, 0.717) is 11.0 Å². The summed E-state index contributed by atoms with van der Waals surface area (Å²) in [7, 11) is 2.43. The predicted molar refractivity (Wildman–Crippen MR) is 89.3 cm³/mol. The van der Waals surface area contributed by atoms with Crippen LogP contribution >= 0.6 is 0 Å². The summed E-state index contributed by atoms with van der Waals surface area (Å²) >= 11 is 0. The zero-order chi connectivity index (χ0) is 18.6. The van der Waals surface area contributed by atoms with E-state index in [0.717, 1.165) is 0 Å². The summed E-state index contributed by atoms with van der Waals surface area (Å²) in [5.74, 6) is -1.19. The first-order chi connectivity index (χ1) is 12.5. The van der Waals surface area contributed by atoms with Gasteiger partial charge in [0.05, 0.1) is 36.3 Å². The maximum atomic E-state index is 13.0. The van der Waals surface area contributed by atoms with Crippen LogP contribution in [0.2, 0.25) is 0 Å². The number of esters is 2. The van der Waals surface area contributed by atoms with Gasteiger partial charge in [0.15, 0.2) is 16.8 Å². The van der Waals surface area contributed by atoms with Crippen LogP contribution in [0.3, 0.4) is 0 Å². The Morgan fingerprint density at radius 3 is 2.50 bits per heavy atom. The van der Waals surface area contributed by atoms with Crippen molar-refractivity contribution >= 4 is 22.9 Å². The zero-order valence-corrected chi connectivity index (χ0v) is 14.5. The fourth-order valence-electron chi connectivity index (χ4n) is 3.85. The Balaban J connectivity index is 2.10. The van der Waals surface area contributed by atoms with E-state index in [1.54, 1.807) is 31.2 Å². The second kappa shape index (κ2) is 5.54. The summed E-state index contributed by atoms with van der Waals surface area (Å²) in [6, 6.07) is 6.80. The molecule has 3 heterocycles. The molecule has 0 spiro atoms. The van der Waals surface area contributed by atoms with Gasteiger partial charge in [0.25, 0.3) is 0 Å². The first-order valence-electron chi connectivity index (χ1n) is 8.15. The van der Waals surface area contributed by atoms with Crippen molar-refractivity contribution in [3.8, 4) is 0 Å². The van der Waals surface area contributed by atoms with Crippen molar-refractivity contribution in [1.82, 2.24) is 0 Å². The van der Waals surface area contributed by atoms with E-state index >= 15 is 0 Å². The predicted octanol–water partition coefficient (Wildman–Crippen LogP) is 2.13. The summed E-state index contributed by atoms with van der Waals surface area (Å²) in [4.78, 5) is 37.9. The molecule has 26 heavy (non-hydrogen) atoms. The quantitative estimate of drug-likeness (QED) is 0.778. The molecule has 2 bridgehead atoms. The second-order valence-electron chi connectivity index (χ2n) is 6.12. The highest BCUT2D eigenvalue weighted by atomic mass is 16.6. The SMILES string of the molecule is CCC12OC(C(C(=O)OC)=C1C(=O)OC)c1c2oc2ccccc2c1=O. The topological polar surface area (TPSA) is 92.0 Å². The van der Waals surface area contributed by atoms with Gasteiger partial charge in [-0.2, -0.15) is 0 Å². The van der Waals surface area contributed by atoms with E-state index in [9.17, 15) is 14.4 Å². The van der Waals surface area contributed by atoms with Crippen LogP contribution in [0.25, 0.3) is 11.0 Å². The number of ether oxygens (including phenoxy) is 3. The highest BCUT2D eigenvalue weighted by molar-refractivity contribution is 6.05. The Kier molecular flexibility index (Phi) is 3.52. The van der Waals surface area contributed by atoms with Gasteiger partial charge in [0, 0.05) is 0 Å². The number of carbonyl (C=O) groups excluding carboxylic acids is 2. The lowest BCUT2D eigenvalue weighted by molar-refractivity contribution is -0.140. The first kappa shape index (κ1) is 16.5. The lowest BCUT2D eigenvalue weighted by Crippen LogP contribution is -2.33. The molecule has 7 heteroatoms. The van der Waals surface area contributed by atoms with Gasteiger partial charge in [0.2, 0.25) is 0 Å². The third-order valence-corrected chi connectivity index (χ3v) is 5.01. The van der Waals surface area contributed by atoms with Crippen LogP contribution in [-0.4, -0.2) is 26.2 Å². The Labute approximate surface area is 148 Å². The zero-order valence-electron chi connectivity index (χ0n) is 14.5. The lowest BCUT2D eigenvalue weighted by atomic mass is 9.79. The molecule has 134 valence electrons. The van der Waals surface area contributed by atoms with E-state index in [2.05, 4.69) is 0 Å². The third kappa shape index (κ3) is 1.83. The number of rotatable bonds is 3. The molecule has 2 atom stereocenters.